The number of rotatable bonds is 3. The number of carbonyl (C=O) groups excluding carboxylic acids is 2. The number of benzene rings is 1. The first-order valence-corrected chi connectivity index (χ1v) is 6.68. The van der Waals surface area contributed by atoms with Crippen LogP contribution in [0.25, 0.3) is 0 Å². The summed E-state index contributed by atoms with van der Waals surface area (Å²) in [5.41, 5.74) is 0.529. The normalized spacial score (nSPS) is 13.9. The van der Waals surface area contributed by atoms with E-state index in [-0.39, 0.29) is 23.2 Å². The second kappa shape index (κ2) is 6.25. The van der Waals surface area contributed by atoms with Crippen LogP contribution in [0.5, 0.6) is 0 Å². The maximum Gasteiger partial charge on any atom is 0.337 e. The van der Waals surface area contributed by atoms with E-state index in [4.69, 9.17) is 0 Å². The van der Waals surface area contributed by atoms with E-state index in [1.807, 2.05) is 0 Å². The molecule has 1 aromatic carbocycles. The van der Waals surface area contributed by atoms with E-state index in [1.54, 1.807) is 11.0 Å². The number of amides is 3. The van der Waals surface area contributed by atoms with Gasteiger partial charge >= 0.3 is 12.0 Å². The van der Waals surface area contributed by atoms with Gasteiger partial charge in [0.2, 0.25) is 5.91 Å². The Kier molecular flexibility index (Phi) is 4.42. The minimum absolute atomic E-state index is 0.0613. The molecule has 112 valence electrons. The number of likely N-dealkylation sites (tertiary alicyclic amines) is 1. The molecule has 0 aliphatic carbocycles. The zero-order chi connectivity index (χ0) is 15.4. The van der Waals surface area contributed by atoms with Gasteiger partial charge < -0.3 is 20.6 Å². The van der Waals surface area contributed by atoms with E-state index in [0.29, 0.717) is 18.8 Å². The highest BCUT2D eigenvalue weighted by Gasteiger charge is 2.20. The maximum absolute atomic E-state index is 12.0. The first-order chi connectivity index (χ1) is 9.97. The van der Waals surface area contributed by atoms with Crippen LogP contribution in [0.2, 0.25) is 0 Å². The average molecular weight is 291 g/mol. The molecule has 21 heavy (non-hydrogen) atoms. The largest absolute Gasteiger partial charge is 0.478 e. The Bertz CT molecular complexity index is 580. The Hall–Kier alpha value is -2.57. The topological polar surface area (TPSA) is 98.7 Å². The number of carboxylic acids is 1. The van der Waals surface area contributed by atoms with Gasteiger partial charge in [-0.15, -0.1) is 0 Å². The predicted molar refractivity (Wildman–Crippen MR) is 77.5 cm³/mol. The van der Waals surface area contributed by atoms with Gasteiger partial charge in [-0.3, -0.25) is 4.79 Å². The standard InChI is InChI=1S/C14H17N3O4/c1-9(18)15-10-4-5-12(11(8-10)13(19)20)16-14(21)17-6-2-3-7-17/h4-5,8H,2-3,6-7H2,1H3,(H,15,18)(H,16,21)(H,19,20). The fourth-order valence-corrected chi connectivity index (χ4v) is 2.23. The molecule has 0 bridgehead atoms. The van der Waals surface area contributed by atoms with Gasteiger partial charge in [0.15, 0.2) is 0 Å². The van der Waals surface area contributed by atoms with Crippen LogP contribution in [0.15, 0.2) is 18.2 Å². The summed E-state index contributed by atoms with van der Waals surface area (Å²) in [6.07, 6.45) is 1.92. The molecule has 1 heterocycles. The van der Waals surface area contributed by atoms with Gasteiger partial charge in [-0.1, -0.05) is 0 Å². The third-order valence-corrected chi connectivity index (χ3v) is 3.21. The van der Waals surface area contributed by atoms with Crippen molar-refractivity contribution in [3.8, 4) is 0 Å². The van der Waals surface area contributed by atoms with Gasteiger partial charge in [0.05, 0.1) is 11.3 Å². The Balaban J connectivity index is 2.19. The van der Waals surface area contributed by atoms with Gasteiger partial charge in [0.1, 0.15) is 0 Å². The summed E-state index contributed by atoms with van der Waals surface area (Å²) in [5.74, 6) is -1.46. The molecule has 0 aromatic heterocycles. The molecule has 1 aliphatic rings. The summed E-state index contributed by atoms with van der Waals surface area (Å²) >= 11 is 0. The van der Waals surface area contributed by atoms with Crippen molar-refractivity contribution in [2.24, 2.45) is 0 Å². The number of carboxylic acid groups (broad SMARTS) is 1. The number of carbonyl (C=O) groups is 3. The molecule has 1 fully saturated rings. The molecule has 1 aliphatic heterocycles. The van der Waals surface area contributed by atoms with Gasteiger partial charge in [-0.05, 0) is 31.0 Å². The fourth-order valence-electron chi connectivity index (χ4n) is 2.23. The SMILES string of the molecule is CC(=O)Nc1ccc(NC(=O)N2CCCC2)c(C(=O)O)c1. The summed E-state index contributed by atoms with van der Waals surface area (Å²) in [5, 5.41) is 14.3. The van der Waals surface area contributed by atoms with Gasteiger partial charge in [-0.25, -0.2) is 9.59 Å². The number of urea groups is 1. The van der Waals surface area contributed by atoms with Crippen LogP contribution in [-0.4, -0.2) is 41.0 Å². The van der Waals surface area contributed by atoms with Crippen molar-refractivity contribution in [1.82, 2.24) is 4.90 Å². The van der Waals surface area contributed by atoms with E-state index in [0.717, 1.165) is 12.8 Å². The Morgan fingerprint density at radius 2 is 1.81 bits per heavy atom. The lowest BCUT2D eigenvalue weighted by atomic mass is 10.1. The van der Waals surface area contributed by atoms with E-state index in [1.165, 1.54) is 19.1 Å². The van der Waals surface area contributed by atoms with Crippen molar-refractivity contribution in [2.45, 2.75) is 19.8 Å². The lowest BCUT2D eigenvalue weighted by molar-refractivity contribution is -0.114. The summed E-state index contributed by atoms with van der Waals surface area (Å²) < 4.78 is 0. The minimum Gasteiger partial charge on any atom is -0.478 e. The summed E-state index contributed by atoms with van der Waals surface area (Å²) in [6.45, 7) is 2.69. The lowest BCUT2D eigenvalue weighted by Gasteiger charge is -2.17. The van der Waals surface area contributed by atoms with E-state index in [2.05, 4.69) is 10.6 Å². The summed E-state index contributed by atoms with van der Waals surface area (Å²) in [7, 11) is 0. The number of anilines is 2. The second-order valence-corrected chi connectivity index (χ2v) is 4.87. The van der Waals surface area contributed by atoms with Crippen molar-refractivity contribution in [3.05, 3.63) is 23.8 Å². The second-order valence-electron chi connectivity index (χ2n) is 4.87. The third kappa shape index (κ3) is 3.71. The number of nitrogens with zero attached hydrogens (tertiary/aromatic N) is 1. The van der Waals surface area contributed by atoms with E-state index >= 15 is 0 Å². The number of nitrogens with one attached hydrogen (secondary N) is 2. The van der Waals surface area contributed by atoms with Crippen LogP contribution >= 0.6 is 0 Å². The minimum atomic E-state index is -1.17. The summed E-state index contributed by atoms with van der Waals surface area (Å²) in [4.78, 5) is 35.9. The molecule has 0 spiro atoms. The van der Waals surface area contributed by atoms with Crippen LogP contribution in [0.4, 0.5) is 16.2 Å². The molecule has 0 radical (unpaired) electrons. The van der Waals surface area contributed by atoms with Crippen molar-refractivity contribution >= 4 is 29.3 Å². The molecule has 2 rings (SSSR count). The van der Waals surface area contributed by atoms with Crippen molar-refractivity contribution in [2.75, 3.05) is 23.7 Å². The molecular formula is C14H17N3O4. The maximum atomic E-state index is 12.0. The third-order valence-electron chi connectivity index (χ3n) is 3.21. The van der Waals surface area contributed by atoms with Gasteiger partial charge in [-0.2, -0.15) is 0 Å². The van der Waals surface area contributed by atoms with Crippen molar-refractivity contribution < 1.29 is 19.5 Å². The Morgan fingerprint density at radius 3 is 2.38 bits per heavy atom. The molecule has 3 N–H and O–H groups in total. The highest BCUT2D eigenvalue weighted by atomic mass is 16.4. The zero-order valence-corrected chi connectivity index (χ0v) is 11.7. The van der Waals surface area contributed by atoms with Crippen LogP contribution in [-0.2, 0) is 4.79 Å². The molecular weight excluding hydrogens is 274 g/mol. The molecule has 1 aromatic rings. The number of aromatic carboxylic acids is 1. The molecule has 7 nitrogen and oxygen atoms in total. The quantitative estimate of drug-likeness (QED) is 0.792. The van der Waals surface area contributed by atoms with Crippen LogP contribution < -0.4 is 10.6 Å². The highest BCUT2D eigenvalue weighted by Crippen LogP contribution is 2.22. The van der Waals surface area contributed by atoms with Crippen LogP contribution in [0, 0.1) is 0 Å². The van der Waals surface area contributed by atoms with Crippen molar-refractivity contribution in [1.29, 1.82) is 0 Å². The van der Waals surface area contributed by atoms with Crippen LogP contribution in [0.1, 0.15) is 30.1 Å². The predicted octanol–water partition coefficient (Wildman–Crippen LogP) is 1.97. The monoisotopic (exact) mass is 291 g/mol. The molecule has 3 amide bonds. The molecule has 1 saturated heterocycles. The van der Waals surface area contributed by atoms with Crippen LogP contribution in [0.3, 0.4) is 0 Å². The van der Waals surface area contributed by atoms with Crippen molar-refractivity contribution in [3.63, 3.8) is 0 Å². The number of hydrogen-bond acceptors (Lipinski definition) is 3. The first-order valence-electron chi connectivity index (χ1n) is 6.68. The fraction of sp³-hybridized carbons (Fsp3) is 0.357. The number of hydrogen-bond donors (Lipinski definition) is 3. The molecule has 0 atom stereocenters. The first kappa shape index (κ1) is 14.8. The Labute approximate surface area is 121 Å². The average Bonchev–Trinajstić information content (AvgIpc) is 2.93. The van der Waals surface area contributed by atoms with Gasteiger partial charge in [0.25, 0.3) is 0 Å². The molecule has 0 unspecified atom stereocenters. The smallest absolute Gasteiger partial charge is 0.337 e. The zero-order valence-electron chi connectivity index (χ0n) is 11.7. The van der Waals surface area contributed by atoms with E-state index in [9.17, 15) is 19.5 Å². The molecule has 7 heteroatoms. The van der Waals surface area contributed by atoms with E-state index < -0.39 is 5.97 Å². The Morgan fingerprint density at radius 1 is 1.14 bits per heavy atom. The molecule has 0 saturated carbocycles. The summed E-state index contributed by atoms with van der Waals surface area (Å²) in [6, 6.07) is 4.04. The van der Waals surface area contributed by atoms with Gasteiger partial charge in [0, 0.05) is 25.7 Å². The lowest BCUT2D eigenvalue weighted by Crippen LogP contribution is -2.32. The highest BCUT2D eigenvalue weighted by molar-refractivity contribution is 6.01.